The van der Waals surface area contributed by atoms with E-state index in [0.717, 1.165) is 0 Å². The van der Waals surface area contributed by atoms with Crippen LogP contribution in [0.25, 0.3) is 0 Å². The number of hydrogen-bond donors (Lipinski definition) is 4. The molecule has 226 valence electrons. The highest BCUT2D eigenvalue weighted by atomic mass is 19.1. The van der Waals surface area contributed by atoms with Crippen LogP contribution in [-0.2, 0) is 30.4 Å². The maximum absolute atomic E-state index is 14.5. The van der Waals surface area contributed by atoms with E-state index in [9.17, 15) is 33.5 Å². The van der Waals surface area contributed by atoms with Crippen LogP contribution in [0.4, 0.5) is 4.39 Å². The van der Waals surface area contributed by atoms with Gasteiger partial charge in [-0.1, -0.05) is 44.9 Å². The minimum atomic E-state index is -1.39. The van der Waals surface area contributed by atoms with Crippen LogP contribution >= 0.6 is 0 Å². The molecule has 10 nitrogen and oxygen atoms in total. The van der Waals surface area contributed by atoms with Gasteiger partial charge in [0.05, 0.1) is 0 Å². The van der Waals surface area contributed by atoms with E-state index >= 15 is 0 Å². The SMILES string of the molecule is CC[C@@H](O)C(=O)CCCCC[C@@H]1NC(=O)C2CCCN2C(=O)[C@@H](Cc2ccccc2F)NC(=O)[C@](C)(CC)NC1=O. The van der Waals surface area contributed by atoms with E-state index in [-0.39, 0.29) is 37.0 Å². The number of amides is 4. The van der Waals surface area contributed by atoms with E-state index in [0.29, 0.717) is 45.1 Å². The third kappa shape index (κ3) is 8.12. The summed E-state index contributed by atoms with van der Waals surface area (Å²) in [5.41, 5.74) is -1.13. The molecule has 5 atom stereocenters. The quantitative estimate of drug-likeness (QED) is 0.297. The molecular weight excluding hydrogens is 531 g/mol. The average Bonchev–Trinajstić information content (AvgIpc) is 3.45. The van der Waals surface area contributed by atoms with Gasteiger partial charge in [-0.15, -0.1) is 0 Å². The van der Waals surface area contributed by atoms with Crippen LogP contribution in [0.15, 0.2) is 24.3 Å². The van der Waals surface area contributed by atoms with Gasteiger partial charge in [0.25, 0.3) is 0 Å². The molecule has 11 heteroatoms. The van der Waals surface area contributed by atoms with Gasteiger partial charge >= 0.3 is 0 Å². The first kappa shape index (κ1) is 32.2. The zero-order chi connectivity index (χ0) is 30.2. The normalized spacial score (nSPS) is 26.3. The van der Waals surface area contributed by atoms with Gasteiger partial charge in [-0.3, -0.25) is 24.0 Å². The summed E-state index contributed by atoms with van der Waals surface area (Å²) < 4.78 is 14.5. The topological polar surface area (TPSA) is 145 Å². The molecule has 1 aromatic carbocycles. The summed E-state index contributed by atoms with van der Waals surface area (Å²) in [5, 5.41) is 18.0. The van der Waals surface area contributed by atoms with Crippen molar-refractivity contribution in [1.29, 1.82) is 0 Å². The Morgan fingerprint density at radius 3 is 2.49 bits per heavy atom. The largest absolute Gasteiger partial charge is 0.385 e. The summed E-state index contributed by atoms with van der Waals surface area (Å²) >= 11 is 0. The predicted octanol–water partition coefficient (Wildman–Crippen LogP) is 1.92. The van der Waals surface area contributed by atoms with Crippen LogP contribution < -0.4 is 16.0 Å². The summed E-state index contributed by atoms with van der Waals surface area (Å²) in [4.78, 5) is 67.5. The Kier molecular flexibility index (Phi) is 11.4. The number of rotatable bonds is 11. The first-order valence-electron chi connectivity index (χ1n) is 14.7. The van der Waals surface area contributed by atoms with Gasteiger partial charge in [0.2, 0.25) is 23.6 Å². The van der Waals surface area contributed by atoms with Crippen molar-refractivity contribution in [3.8, 4) is 0 Å². The Balaban J connectivity index is 1.81. The highest BCUT2D eigenvalue weighted by molar-refractivity contribution is 5.99. The zero-order valence-electron chi connectivity index (χ0n) is 24.2. The van der Waals surface area contributed by atoms with E-state index < -0.39 is 59.2 Å². The molecule has 2 heterocycles. The summed E-state index contributed by atoms with van der Waals surface area (Å²) in [6.45, 7) is 5.32. The predicted molar refractivity (Wildman–Crippen MR) is 150 cm³/mol. The standard InChI is InChI=1S/C30H43FN4O6/c1-4-24(36)25(37)16-8-6-7-14-21-26(38)34-30(3,5-2)29(41)33-22(18-19-12-9-10-13-20(19)31)28(40)35-17-11-15-23(35)27(39)32-21/h9-10,12-13,21-24,36H,4-8,11,14-18H2,1-3H3,(H,32,39)(H,33,41)(H,34,38)/t21-,22+,23?,24+,30-/m0/s1. The van der Waals surface area contributed by atoms with Gasteiger partial charge in [0, 0.05) is 19.4 Å². The Morgan fingerprint density at radius 2 is 1.80 bits per heavy atom. The van der Waals surface area contributed by atoms with Crippen molar-refractivity contribution in [3.63, 3.8) is 0 Å². The molecule has 2 aliphatic heterocycles. The summed E-state index contributed by atoms with van der Waals surface area (Å²) in [6, 6.07) is 3.14. The number of carbonyl (C=O) groups is 5. The van der Waals surface area contributed by atoms with Crippen molar-refractivity contribution < 1.29 is 33.5 Å². The third-order valence-electron chi connectivity index (χ3n) is 8.24. The van der Waals surface area contributed by atoms with Gasteiger partial charge in [0.1, 0.15) is 35.6 Å². The molecule has 0 aliphatic carbocycles. The van der Waals surface area contributed by atoms with Crippen LogP contribution in [0.3, 0.4) is 0 Å². The number of ketones is 1. The second kappa shape index (κ2) is 14.5. The third-order valence-corrected chi connectivity index (χ3v) is 8.24. The number of halogens is 1. The van der Waals surface area contributed by atoms with Crippen molar-refractivity contribution in [2.24, 2.45) is 0 Å². The molecule has 2 saturated heterocycles. The Labute approximate surface area is 240 Å². The summed E-state index contributed by atoms with van der Waals surface area (Å²) in [6.07, 6.45) is 2.68. The Morgan fingerprint density at radius 1 is 1.07 bits per heavy atom. The summed E-state index contributed by atoms with van der Waals surface area (Å²) in [5.74, 6) is -2.73. The van der Waals surface area contributed by atoms with Crippen molar-refractivity contribution >= 4 is 29.4 Å². The number of Topliss-reactive ketones (excluding diaryl/α,β-unsaturated/α-hetero) is 1. The molecule has 0 radical (unpaired) electrons. The highest BCUT2D eigenvalue weighted by Gasteiger charge is 2.43. The molecule has 4 amide bonds. The Bertz CT molecular complexity index is 1130. The van der Waals surface area contributed by atoms with Crippen LogP contribution in [0.1, 0.15) is 84.1 Å². The average molecular weight is 575 g/mol. The molecular formula is C30H43FN4O6. The van der Waals surface area contributed by atoms with Crippen LogP contribution in [-0.4, -0.2) is 75.7 Å². The minimum Gasteiger partial charge on any atom is -0.385 e. The van der Waals surface area contributed by atoms with Crippen LogP contribution in [0.5, 0.6) is 0 Å². The molecule has 41 heavy (non-hydrogen) atoms. The maximum atomic E-state index is 14.5. The minimum absolute atomic E-state index is 0.101. The van der Waals surface area contributed by atoms with Crippen molar-refractivity contribution in [1.82, 2.24) is 20.9 Å². The van der Waals surface area contributed by atoms with Crippen molar-refractivity contribution in [2.45, 2.75) is 115 Å². The van der Waals surface area contributed by atoms with E-state index in [4.69, 9.17) is 0 Å². The second-order valence-electron chi connectivity index (χ2n) is 11.2. The zero-order valence-corrected chi connectivity index (χ0v) is 24.2. The summed E-state index contributed by atoms with van der Waals surface area (Å²) in [7, 11) is 0. The number of aliphatic hydroxyl groups is 1. The van der Waals surface area contributed by atoms with Crippen molar-refractivity contribution in [2.75, 3.05) is 6.54 Å². The monoisotopic (exact) mass is 574 g/mol. The fourth-order valence-electron chi connectivity index (χ4n) is 5.32. The molecule has 0 saturated carbocycles. The number of unbranched alkanes of at least 4 members (excludes halogenated alkanes) is 2. The fourth-order valence-corrected chi connectivity index (χ4v) is 5.32. The number of carbonyl (C=O) groups excluding carboxylic acids is 5. The lowest BCUT2D eigenvalue weighted by atomic mass is 9.94. The number of hydrogen-bond acceptors (Lipinski definition) is 6. The van der Waals surface area contributed by atoms with Gasteiger partial charge < -0.3 is 26.0 Å². The van der Waals surface area contributed by atoms with Gasteiger partial charge in [-0.2, -0.15) is 0 Å². The number of fused-ring (bicyclic) bond motifs is 1. The van der Waals surface area contributed by atoms with Gasteiger partial charge in [0.15, 0.2) is 5.78 Å². The lowest BCUT2D eigenvalue weighted by Gasteiger charge is -2.36. The highest BCUT2D eigenvalue weighted by Crippen LogP contribution is 2.23. The Hall–Kier alpha value is -3.34. The lowest BCUT2D eigenvalue weighted by molar-refractivity contribution is -0.144. The molecule has 1 unspecified atom stereocenters. The fraction of sp³-hybridized carbons (Fsp3) is 0.633. The van der Waals surface area contributed by atoms with Gasteiger partial charge in [-0.05, 0) is 57.1 Å². The van der Waals surface area contributed by atoms with E-state index in [1.54, 1.807) is 32.9 Å². The molecule has 1 aromatic rings. The maximum Gasteiger partial charge on any atom is 0.246 e. The van der Waals surface area contributed by atoms with Crippen LogP contribution in [0.2, 0.25) is 0 Å². The van der Waals surface area contributed by atoms with E-state index in [1.165, 1.54) is 17.0 Å². The number of nitrogens with zero attached hydrogens (tertiary/aromatic N) is 1. The molecule has 0 bridgehead atoms. The molecule has 3 rings (SSSR count). The van der Waals surface area contributed by atoms with Crippen molar-refractivity contribution in [3.05, 3.63) is 35.6 Å². The molecule has 2 aliphatic rings. The molecule has 0 aromatic heterocycles. The smallest absolute Gasteiger partial charge is 0.246 e. The molecule has 0 spiro atoms. The molecule has 2 fully saturated rings. The van der Waals surface area contributed by atoms with E-state index in [2.05, 4.69) is 16.0 Å². The molecule has 4 N–H and O–H groups in total. The number of aliphatic hydroxyl groups excluding tert-OH is 1. The second-order valence-corrected chi connectivity index (χ2v) is 11.2. The van der Waals surface area contributed by atoms with Gasteiger partial charge in [-0.25, -0.2) is 4.39 Å². The van der Waals surface area contributed by atoms with Crippen LogP contribution in [0, 0.1) is 5.82 Å². The number of benzene rings is 1. The number of nitrogens with one attached hydrogen (secondary N) is 3. The van der Waals surface area contributed by atoms with E-state index in [1.807, 2.05) is 0 Å². The lowest BCUT2D eigenvalue weighted by Crippen LogP contribution is -2.65. The first-order valence-corrected chi connectivity index (χ1v) is 14.7. The first-order chi connectivity index (χ1) is 19.5.